The van der Waals surface area contributed by atoms with Crippen LogP contribution in [0.25, 0.3) is 0 Å². The van der Waals surface area contributed by atoms with Crippen LogP contribution < -0.4 is 5.73 Å². The number of rotatable bonds is 3. The van der Waals surface area contributed by atoms with Crippen molar-refractivity contribution in [2.75, 3.05) is 0 Å². The van der Waals surface area contributed by atoms with Gasteiger partial charge in [0.1, 0.15) is 6.04 Å². The number of hydrogen-bond acceptors (Lipinski definition) is 2. The van der Waals surface area contributed by atoms with Crippen LogP contribution in [0.1, 0.15) is 36.0 Å². The predicted molar refractivity (Wildman–Crippen MR) is 69.5 cm³/mol. The van der Waals surface area contributed by atoms with Gasteiger partial charge >= 0.3 is 5.97 Å². The summed E-state index contributed by atoms with van der Waals surface area (Å²) in [4.78, 5) is 11.0. The largest absolute Gasteiger partial charge is 0.480 e. The number of carbonyl (C=O) groups is 1. The fraction of sp³-hybridized carbons (Fsp3) is 0.533. The smallest absolute Gasteiger partial charge is 0.321 e. The van der Waals surface area contributed by atoms with Crippen molar-refractivity contribution in [1.29, 1.82) is 0 Å². The number of carboxylic acid groups (broad SMARTS) is 1. The normalized spacial score (nSPS) is 34.4. The monoisotopic (exact) mass is 245 g/mol. The minimum absolute atomic E-state index is 0.122. The molecule has 1 unspecified atom stereocenters. The molecule has 3 nitrogen and oxygen atoms in total. The highest BCUT2D eigenvalue weighted by atomic mass is 16.4. The van der Waals surface area contributed by atoms with E-state index in [0.717, 1.165) is 19.3 Å². The molecule has 0 amide bonds. The zero-order valence-corrected chi connectivity index (χ0v) is 10.9. The van der Waals surface area contributed by atoms with Gasteiger partial charge in [-0.05, 0) is 49.5 Å². The third-order valence-electron chi connectivity index (χ3n) is 4.83. The Hall–Kier alpha value is -1.35. The van der Waals surface area contributed by atoms with Gasteiger partial charge in [0.25, 0.3) is 0 Å². The summed E-state index contributed by atoms with van der Waals surface area (Å²) in [5, 5.41) is 9.02. The number of carboxylic acids is 1. The lowest BCUT2D eigenvalue weighted by Gasteiger charge is -2.72. The van der Waals surface area contributed by atoms with Crippen LogP contribution in [-0.4, -0.2) is 17.1 Å². The maximum absolute atomic E-state index is 11.0. The molecule has 0 aromatic heterocycles. The van der Waals surface area contributed by atoms with Crippen LogP contribution in [-0.2, 0) is 10.2 Å². The number of nitrogens with two attached hydrogens (primary N) is 1. The van der Waals surface area contributed by atoms with Gasteiger partial charge in [0.15, 0.2) is 0 Å². The summed E-state index contributed by atoms with van der Waals surface area (Å²) in [6.45, 7) is 4.22. The Kier molecular flexibility index (Phi) is 2.18. The topological polar surface area (TPSA) is 63.3 Å². The molecular weight excluding hydrogens is 226 g/mol. The first-order chi connectivity index (χ1) is 8.37. The first kappa shape index (κ1) is 11.7. The number of aliphatic carboxylic acids is 1. The van der Waals surface area contributed by atoms with E-state index >= 15 is 0 Å². The van der Waals surface area contributed by atoms with Gasteiger partial charge in [-0.15, -0.1) is 0 Å². The molecule has 0 spiro atoms. The summed E-state index contributed by atoms with van der Waals surface area (Å²) in [6, 6.07) is 5.96. The van der Waals surface area contributed by atoms with E-state index < -0.39 is 12.0 Å². The lowest BCUT2D eigenvalue weighted by Crippen LogP contribution is -2.72. The standard InChI is InChI=1S/C15H19NO2/c1-9-3-10(2)5-11(4-9)14-6-15(7-14,8-14)12(16)13(17)18/h3-5,12H,6-8,16H2,1-2H3,(H,17,18). The second-order valence-corrected chi connectivity index (χ2v) is 6.37. The minimum Gasteiger partial charge on any atom is -0.480 e. The molecule has 0 radical (unpaired) electrons. The first-order valence-electron chi connectivity index (χ1n) is 6.44. The molecule has 3 fully saturated rings. The second kappa shape index (κ2) is 3.35. The van der Waals surface area contributed by atoms with Crippen molar-refractivity contribution in [2.24, 2.45) is 11.1 Å². The van der Waals surface area contributed by atoms with Crippen LogP contribution >= 0.6 is 0 Å². The van der Waals surface area contributed by atoms with Crippen molar-refractivity contribution < 1.29 is 9.90 Å². The lowest BCUT2D eigenvalue weighted by atomic mass is 9.31. The van der Waals surface area contributed by atoms with E-state index in [9.17, 15) is 4.79 Å². The van der Waals surface area contributed by atoms with Crippen LogP contribution in [0.3, 0.4) is 0 Å². The maximum Gasteiger partial charge on any atom is 0.321 e. The molecule has 3 heteroatoms. The van der Waals surface area contributed by atoms with Crippen molar-refractivity contribution in [3.8, 4) is 0 Å². The van der Waals surface area contributed by atoms with Crippen molar-refractivity contribution in [2.45, 2.75) is 44.6 Å². The van der Waals surface area contributed by atoms with Crippen LogP contribution in [0, 0.1) is 19.3 Å². The highest BCUT2D eigenvalue weighted by molar-refractivity contribution is 5.76. The van der Waals surface area contributed by atoms with Gasteiger partial charge < -0.3 is 10.8 Å². The quantitative estimate of drug-likeness (QED) is 0.857. The molecular formula is C15H19NO2. The van der Waals surface area contributed by atoms with Crippen molar-refractivity contribution >= 4 is 5.97 Å². The Bertz CT molecular complexity index is 495. The number of hydrogen-bond donors (Lipinski definition) is 2. The summed E-state index contributed by atoms with van der Waals surface area (Å²) in [5.74, 6) is -0.858. The first-order valence-corrected chi connectivity index (χ1v) is 6.44. The molecule has 3 aliphatic rings. The maximum atomic E-state index is 11.0. The highest BCUT2D eigenvalue weighted by Gasteiger charge is 2.71. The fourth-order valence-electron chi connectivity index (χ4n) is 4.05. The van der Waals surface area contributed by atoms with E-state index in [-0.39, 0.29) is 10.8 Å². The molecule has 3 saturated carbocycles. The Balaban J connectivity index is 1.82. The van der Waals surface area contributed by atoms with Crippen molar-refractivity contribution in [3.63, 3.8) is 0 Å². The molecule has 0 saturated heterocycles. The summed E-state index contributed by atoms with van der Waals surface area (Å²) in [5.41, 5.74) is 9.84. The number of aryl methyl sites for hydroxylation is 2. The molecule has 1 atom stereocenters. The van der Waals surface area contributed by atoms with Gasteiger partial charge in [-0.2, -0.15) is 0 Å². The molecule has 2 bridgehead atoms. The van der Waals surface area contributed by atoms with Gasteiger partial charge in [-0.1, -0.05) is 29.3 Å². The molecule has 3 N–H and O–H groups in total. The van der Waals surface area contributed by atoms with E-state index in [1.54, 1.807) is 0 Å². The van der Waals surface area contributed by atoms with E-state index in [1.165, 1.54) is 16.7 Å². The van der Waals surface area contributed by atoms with E-state index in [2.05, 4.69) is 32.0 Å². The Labute approximate surface area is 107 Å². The second-order valence-electron chi connectivity index (χ2n) is 6.37. The SMILES string of the molecule is Cc1cc(C)cc(C23CC(C(N)C(=O)O)(C2)C3)c1. The van der Waals surface area contributed by atoms with Crippen LogP contribution in [0.4, 0.5) is 0 Å². The summed E-state index contributed by atoms with van der Waals surface area (Å²) >= 11 is 0. The van der Waals surface area contributed by atoms with Gasteiger partial charge in [0.05, 0.1) is 0 Å². The Morgan fingerprint density at radius 1 is 1.22 bits per heavy atom. The molecule has 0 aliphatic heterocycles. The Morgan fingerprint density at radius 2 is 1.72 bits per heavy atom. The van der Waals surface area contributed by atoms with Gasteiger partial charge in [-0.3, -0.25) is 4.79 Å². The summed E-state index contributed by atoms with van der Waals surface area (Å²) < 4.78 is 0. The Morgan fingerprint density at radius 3 is 2.17 bits per heavy atom. The van der Waals surface area contributed by atoms with Crippen LogP contribution in [0.2, 0.25) is 0 Å². The fourth-order valence-corrected chi connectivity index (χ4v) is 4.05. The predicted octanol–water partition coefficient (Wildman–Crippen LogP) is 2.14. The molecule has 4 rings (SSSR count). The van der Waals surface area contributed by atoms with Gasteiger partial charge in [0, 0.05) is 0 Å². The average molecular weight is 245 g/mol. The molecule has 3 aliphatic carbocycles. The van der Waals surface area contributed by atoms with Crippen molar-refractivity contribution in [1.82, 2.24) is 0 Å². The lowest BCUT2D eigenvalue weighted by molar-refractivity contribution is -0.178. The van der Waals surface area contributed by atoms with Gasteiger partial charge in [-0.25, -0.2) is 0 Å². The molecule has 96 valence electrons. The van der Waals surface area contributed by atoms with Gasteiger partial charge in [0.2, 0.25) is 0 Å². The van der Waals surface area contributed by atoms with E-state index in [0.29, 0.717) is 0 Å². The zero-order valence-electron chi connectivity index (χ0n) is 10.9. The van der Waals surface area contributed by atoms with Crippen molar-refractivity contribution in [3.05, 3.63) is 34.9 Å². The molecule has 0 heterocycles. The highest BCUT2D eigenvalue weighted by Crippen LogP contribution is 2.74. The summed E-state index contributed by atoms with van der Waals surface area (Å²) in [7, 11) is 0. The summed E-state index contributed by atoms with van der Waals surface area (Å²) in [6.07, 6.45) is 2.82. The average Bonchev–Trinajstić information content (AvgIpc) is 2.11. The number of benzene rings is 1. The molecule has 18 heavy (non-hydrogen) atoms. The van der Waals surface area contributed by atoms with E-state index in [1.807, 2.05) is 0 Å². The van der Waals surface area contributed by atoms with Crippen LogP contribution in [0.15, 0.2) is 18.2 Å². The zero-order chi connectivity index (χ0) is 13.1. The molecule has 1 aromatic carbocycles. The molecule has 1 aromatic rings. The third-order valence-corrected chi connectivity index (χ3v) is 4.83. The third kappa shape index (κ3) is 1.37. The minimum atomic E-state index is -0.858. The van der Waals surface area contributed by atoms with E-state index in [4.69, 9.17) is 10.8 Å². The van der Waals surface area contributed by atoms with Crippen LogP contribution in [0.5, 0.6) is 0 Å².